The Morgan fingerprint density at radius 1 is 1.36 bits per heavy atom. The number of nitrogens with zero attached hydrogens (tertiary/aromatic N) is 4. The van der Waals surface area contributed by atoms with Crippen LogP contribution in [0.5, 0.6) is 11.5 Å². The Kier molecular flexibility index (Phi) is 4.66. The molecule has 0 saturated carbocycles. The molecule has 0 unspecified atom stereocenters. The van der Waals surface area contributed by atoms with Gasteiger partial charge in [0.15, 0.2) is 11.5 Å². The van der Waals surface area contributed by atoms with Gasteiger partial charge in [0, 0.05) is 12.7 Å². The van der Waals surface area contributed by atoms with Crippen LogP contribution in [-0.4, -0.2) is 31.5 Å². The SMILES string of the molecule is O=c1c(=C([O-])O)cnc2nc(NCc3ccc4c(c3)OCO4)nn12.[Na+]. The number of aromatic nitrogens is 4. The van der Waals surface area contributed by atoms with Gasteiger partial charge in [0.05, 0.1) is 11.2 Å². The van der Waals surface area contributed by atoms with Crippen LogP contribution in [0.15, 0.2) is 29.2 Å². The Morgan fingerprint density at radius 2 is 2.16 bits per heavy atom. The van der Waals surface area contributed by atoms with Gasteiger partial charge in [0.1, 0.15) is 0 Å². The van der Waals surface area contributed by atoms with E-state index in [1.54, 1.807) is 6.07 Å². The third kappa shape index (κ3) is 3.18. The number of anilines is 1. The Hall–Kier alpha value is -2.56. The minimum absolute atomic E-state index is 0. The summed E-state index contributed by atoms with van der Waals surface area (Å²) in [4.78, 5) is 19.8. The first-order valence-corrected chi connectivity index (χ1v) is 6.90. The molecule has 2 aromatic heterocycles. The predicted octanol–water partition coefficient (Wildman–Crippen LogP) is -4.47. The van der Waals surface area contributed by atoms with Crippen LogP contribution in [0.4, 0.5) is 5.95 Å². The first-order chi connectivity index (χ1) is 11.6. The maximum absolute atomic E-state index is 12.0. The van der Waals surface area contributed by atoms with Gasteiger partial charge in [0.25, 0.3) is 11.3 Å². The molecule has 0 atom stereocenters. The summed E-state index contributed by atoms with van der Waals surface area (Å²) in [5, 5.41) is 26.3. The van der Waals surface area contributed by atoms with E-state index in [-0.39, 0.29) is 48.1 Å². The van der Waals surface area contributed by atoms with Gasteiger partial charge in [-0.25, -0.2) is 4.98 Å². The molecule has 0 amide bonds. The van der Waals surface area contributed by atoms with E-state index < -0.39 is 16.7 Å². The molecule has 2 N–H and O–H groups in total. The van der Waals surface area contributed by atoms with Gasteiger partial charge < -0.3 is 25.0 Å². The van der Waals surface area contributed by atoms with Crippen LogP contribution < -0.4 is 60.2 Å². The molecule has 0 aliphatic carbocycles. The maximum Gasteiger partial charge on any atom is 1.00 e. The monoisotopic (exact) mass is 351 g/mol. The molecule has 122 valence electrons. The van der Waals surface area contributed by atoms with Gasteiger partial charge in [0.2, 0.25) is 12.7 Å². The van der Waals surface area contributed by atoms with E-state index in [1.807, 2.05) is 12.1 Å². The van der Waals surface area contributed by atoms with E-state index in [0.29, 0.717) is 18.0 Å². The fourth-order valence-electron chi connectivity index (χ4n) is 2.27. The zero-order valence-electron chi connectivity index (χ0n) is 13.1. The van der Waals surface area contributed by atoms with Crippen molar-refractivity contribution >= 4 is 17.7 Å². The molecular formula is C14H10N5NaO5. The summed E-state index contributed by atoms with van der Waals surface area (Å²) in [7, 11) is 0. The Morgan fingerprint density at radius 3 is 2.96 bits per heavy atom. The predicted molar refractivity (Wildman–Crippen MR) is 78.2 cm³/mol. The average molecular weight is 351 g/mol. The van der Waals surface area contributed by atoms with Crippen molar-refractivity contribution < 1.29 is 49.2 Å². The minimum Gasteiger partial charge on any atom is -0.629 e. The van der Waals surface area contributed by atoms with Crippen molar-refractivity contribution in [1.29, 1.82) is 0 Å². The number of aliphatic hydroxyl groups is 1. The number of nitrogens with one attached hydrogen (secondary N) is 1. The van der Waals surface area contributed by atoms with Crippen LogP contribution in [0, 0.1) is 0 Å². The number of fused-ring (bicyclic) bond motifs is 2. The Balaban J connectivity index is 0.00000182. The van der Waals surface area contributed by atoms with Gasteiger partial charge in [-0.2, -0.15) is 9.50 Å². The van der Waals surface area contributed by atoms with Crippen LogP contribution in [0.2, 0.25) is 0 Å². The third-order valence-corrected chi connectivity index (χ3v) is 3.44. The minimum atomic E-state index is -1.36. The quantitative estimate of drug-likeness (QED) is 0.448. The molecule has 3 heterocycles. The van der Waals surface area contributed by atoms with Crippen molar-refractivity contribution in [3.05, 3.63) is 45.5 Å². The number of ether oxygens (including phenoxy) is 2. The fraction of sp³-hybridized carbons (Fsp3) is 0.143. The molecule has 0 spiro atoms. The van der Waals surface area contributed by atoms with Crippen LogP contribution in [0.1, 0.15) is 5.56 Å². The summed E-state index contributed by atoms with van der Waals surface area (Å²) in [5.41, 5.74) is 0.121. The van der Waals surface area contributed by atoms with E-state index in [1.165, 1.54) is 0 Å². The molecule has 11 heteroatoms. The molecule has 0 saturated heterocycles. The van der Waals surface area contributed by atoms with Crippen molar-refractivity contribution in [2.75, 3.05) is 12.1 Å². The molecular weight excluding hydrogens is 341 g/mol. The molecule has 4 rings (SSSR count). The van der Waals surface area contributed by atoms with E-state index in [0.717, 1.165) is 16.3 Å². The van der Waals surface area contributed by atoms with Gasteiger partial charge >= 0.3 is 29.6 Å². The molecule has 0 radical (unpaired) electrons. The largest absolute Gasteiger partial charge is 1.00 e. The standard InChI is InChI=1S/C14H11N5O5.Na/c20-11-8(12(21)22)5-16-14-17-13(18-19(11)14)15-4-7-1-2-9-10(3-7)24-6-23-9;/h1-3,5,21-22H,4,6H2,(H,15,18);/q;+1/p-1. The van der Waals surface area contributed by atoms with E-state index in [4.69, 9.17) is 14.6 Å². The number of hydrogen-bond acceptors (Lipinski definition) is 9. The second-order valence-electron chi connectivity index (χ2n) is 4.97. The number of rotatable bonds is 3. The zero-order chi connectivity index (χ0) is 16.7. The summed E-state index contributed by atoms with van der Waals surface area (Å²) >= 11 is 0. The van der Waals surface area contributed by atoms with Gasteiger partial charge in [-0.1, -0.05) is 6.07 Å². The molecule has 25 heavy (non-hydrogen) atoms. The molecule has 1 aromatic carbocycles. The van der Waals surface area contributed by atoms with Crippen molar-refractivity contribution in [3.8, 4) is 11.5 Å². The van der Waals surface area contributed by atoms with Crippen LogP contribution in [0.3, 0.4) is 0 Å². The normalized spacial score (nSPS) is 13.4. The molecule has 1 aliphatic heterocycles. The summed E-state index contributed by atoms with van der Waals surface area (Å²) in [6.07, 6.45) is 0.969. The molecule has 1 aliphatic rings. The first kappa shape index (κ1) is 17.3. The summed E-state index contributed by atoms with van der Waals surface area (Å²) in [6.45, 7) is 0.581. The van der Waals surface area contributed by atoms with Gasteiger partial charge in [-0.15, -0.1) is 5.10 Å². The average Bonchev–Trinajstić information content (AvgIpc) is 3.19. The Labute approximate surface area is 162 Å². The topological polar surface area (TPSA) is 134 Å². The van der Waals surface area contributed by atoms with Gasteiger partial charge in [-0.05, 0) is 17.7 Å². The third-order valence-electron chi connectivity index (χ3n) is 3.44. The molecule has 3 aromatic rings. The molecule has 0 bridgehead atoms. The van der Waals surface area contributed by atoms with Crippen LogP contribution >= 0.6 is 0 Å². The first-order valence-electron chi connectivity index (χ1n) is 6.90. The maximum atomic E-state index is 12.0. The van der Waals surface area contributed by atoms with Crippen molar-refractivity contribution in [1.82, 2.24) is 19.6 Å². The molecule has 0 fully saturated rings. The summed E-state index contributed by atoms with van der Waals surface area (Å²) in [5.74, 6) is 0.177. The molecule has 10 nitrogen and oxygen atoms in total. The van der Waals surface area contributed by atoms with E-state index in [9.17, 15) is 9.90 Å². The fourth-order valence-corrected chi connectivity index (χ4v) is 2.27. The smallest absolute Gasteiger partial charge is 0.629 e. The van der Waals surface area contributed by atoms with Crippen molar-refractivity contribution in [2.45, 2.75) is 6.54 Å². The zero-order valence-corrected chi connectivity index (χ0v) is 15.1. The Bertz CT molecular complexity index is 1050. The van der Waals surface area contributed by atoms with Gasteiger partial charge in [-0.3, -0.25) is 4.79 Å². The summed E-state index contributed by atoms with van der Waals surface area (Å²) < 4.78 is 11.4. The van der Waals surface area contributed by atoms with E-state index in [2.05, 4.69) is 20.4 Å². The van der Waals surface area contributed by atoms with Crippen molar-refractivity contribution in [2.24, 2.45) is 0 Å². The number of hydrogen-bond donors (Lipinski definition) is 2. The second kappa shape index (κ2) is 6.75. The van der Waals surface area contributed by atoms with Crippen LogP contribution in [0.25, 0.3) is 11.7 Å². The number of benzene rings is 1. The van der Waals surface area contributed by atoms with E-state index >= 15 is 0 Å². The number of aliphatic hydroxyl groups excluding tert-OH is 1. The van der Waals surface area contributed by atoms with Crippen LogP contribution in [-0.2, 0) is 6.54 Å². The second-order valence-corrected chi connectivity index (χ2v) is 4.97. The van der Waals surface area contributed by atoms with Crippen molar-refractivity contribution in [3.63, 3.8) is 0 Å². The summed E-state index contributed by atoms with van der Waals surface area (Å²) in [6, 6.07) is 5.48.